The quantitative estimate of drug-likeness (QED) is 0.465. The van der Waals surface area contributed by atoms with Crippen LogP contribution >= 0.6 is 0 Å². The summed E-state index contributed by atoms with van der Waals surface area (Å²) in [6.07, 6.45) is 0.981. The number of benzene rings is 1. The fourth-order valence-electron chi connectivity index (χ4n) is 3.04. The molecule has 30 heavy (non-hydrogen) atoms. The second kappa shape index (κ2) is 8.89. The number of ether oxygens (including phenoxy) is 2. The zero-order chi connectivity index (χ0) is 22.9. The summed E-state index contributed by atoms with van der Waals surface area (Å²) in [5, 5.41) is 0.841. The van der Waals surface area contributed by atoms with Crippen LogP contribution in [-0.4, -0.2) is 38.0 Å². The van der Waals surface area contributed by atoms with Gasteiger partial charge >= 0.3 is 6.09 Å². The third kappa shape index (κ3) is 5.92. The van der Waals surface area contributed by atoms with Gasteiger partial charge in [-0.1, -0.05) is 19.6 Å². The zero-order valence-corrected chi connectivity index (χ0v) is 20.3. The van der Waals surface area contributed by atoms with Crippen LogP contribution in [0.2, 0.25) is 25.7 Å². The molecule has 1 heterocycles. The van der Waals surface area contributed by atoms with E-state index in [0.29, 0.717) is 17.6 Å². The fraction of sp³-hybridized carbons (Fsp3) is 0.545. The number of amides is 1. The van der Waals surface area contributed by atoms with Crippen LogP contribution in [-0.2, 0) is 16.2 Å². The molecule has 2 aromatic rings. The van der Waals surface area contributed by atoms with Crippen molar-refractivity contribution in [2.75, 3.05) is 18.6 Å². The molecule has 0 aliphatic rings. The maximum Gasteiger partial charge on any atom is 0.414 e. The molecule has 0 atom stereocenters. The molecule has 0 fully saturated rings. The first-order chi connectivity index (χ1) is 13.7. The summed E-state index contributed by atoms with van der Waals surface area (Å²) in [5.74, 6) is -0.650. The number of hydrogen-bond acceptors (Lipinski definition) is 4. The largest absolute Gasteiger partial charge is 0.443 e. The van der Waals surface area contributed by atoms with Crippen LogP contribution < -0.4 is 10.5 Å². The summed E-state index contributed by atoms with van der Waals surface area (Å²) in [7, 11) is 0.244. The van der Waals surface area contributed by atoms with Crippen LogP contribution in [0.1, 0.15) is 26.3 Å². The maximum atomic E-state index is 14.9. The Bertz CT molecular complexity index is 990. The lowest BCUT2D eigenvalue weighted by molar-refractivity contribution is 0.0588. The first-order valence-electron chi connectivity index (χ1n) is 10.1. The molecule has 1 aromatic carbocycles. The number of fused-ring (bicyclic) bond motifs is 1. The molecule has 0 spiro atoms. The lowest BCUT2D eigenvalue weighted by Crippen LogP contribution is -2.35. The number of carbonyl (C=O) groups is 1. The Hall–Kier alpha value is -2.19. The van der Waals surface area contributed by atoms with Crippen molar-refractivity contribution < 1.29 is 18.7 Å². The maximum absolute atomic E-state index is 14.9. The predicted molar refractivity (Wildman–Crippen MR) is 122 cm³/mol. The van der Waals surface area contributed by atoms with Crippen LogP contribution in [0.25, 0.3) is 10.8 Å². The van der Waals surface area contributed by atoms with Crippen molar-refractivity contribution in [2.45, 2.75) is 65.7 Å². The smallest absolute Gasteiger partial charge is 0.414 e. The Balaban J connectivity index is 2.34. The fourth-order valence-corrected chi connectivity index (χ4v) is 3.79. The molecule has 0 N–H and O–H groups in total. The Morgan fingerprint density at radius 2 is 1.87 bits per heavy atom. The zero-order valence-electron chi connectivity index (χ0n) is 19.3. The van der Waals surface area contributed by atoms with E-state index in [0.717, 1.165) is 10.9 Å². The van der Waals surface area contributed by atoms with Gasteiger partial charge in [-0.05, 0) is 56.8 Å². The van der Waals surface area contributed by atoms with Gasteiger partial charge in [0.15, 0.2) is 0 Å². The highest BCUT2D eigenvalue weighted by atomic mass is 28.3. The minimum atomic E-state index is -1.21. The Morgan fingerprint density at radius 3 is 2.43 bits per heavy atom. The van der Waals surface area contributed by atoms with E-state index in [2.05, 4.69) is 19.6 Å². The van der Waals surface area contributed by atoms with Gasteiger partial charge in [-0.25, -0.2) is 9.18 Å². The average Bonchev–Trinajstić information content (AvgIpc) is 2.58. The van der Waals surface area contributed by atoms with Crippen LogP contribution in [0.15, 0.2) is 23.1 Å². The molecule has 0 radical (unpaired) electrons. The highest BCUT2D eigenvalue weighted by Gasteiger charge is 2.25. The normalized spacial score (nSPS) is 12.3. The van der Waals surface area contributed by atoms with Gasteiger partial charge in [0.25, 0.3) is 5.56 Å². The minimum Gasteiger partial charge on any atom is -0.443 e. The molecule has 0 unspecified atom stereocenters. The van der Waals surface area contributed by atoms with Gasteiger partial charge < -0.3 is 9.47 Å². The second-order valence-corrected chi connectivity index (χ2v) is 15.4. The molecule has 8 heteroatoms. The number of carbonyl (C=O) groups excluding carboxylic acids is 1. The van der Waals surface area contributed by atoms with Gasteiger partial charge in [-0.15, -0.1) is 0 Å². The monoisotopic (exact) mass is 436 g/mol. The summed E-state index contributed by atoms with van der Waals surface area (Å²) >= 11 is 0. The van der Waals surface area contributed by atoms with Crippen molar-refractivity contribution in [1.29, 1.82) is 0 Å². The van der Waals surface area contributed by atoms with E-state index in [1.54, 1.807) is 40.0 Å². The molecule has 0 bridgehead atoms. The number of nitrogens with zero attached hydrogens (tertiary/aromatic N) is 2. The van der Waals surface area contributed by atoms with Gasteiger partial charge in [-0.2, -0.15) is 0 Å². The summed E-state index contributed by atoms with van der Waals surface area (Å²) in [5.41, 5.74) is -0.424. The molecule has 0 aliphatic carbocycles. The van der Waals surface area contributed by atoms with E-state index in [1.807, 2.05) is 0 Å². The Labute approximate surface area is 178 Å². The van der Waals surface area contributed by atoms with E-state index < -0.39 is 25.6 Å². The predicted octanol–water partition coefficient (Wildman–Crippen LogP) is 5.13. The third-order valence-electron chi connectivity index (χ3n) is 4.69. The van der Waals surface area contributed by atoms with Crippen molar-refractivity contribution >= 4 is 30.6 Å². The first-order valence-corrected chi connectivity index (χ1v) is 13.8. The number of aromatic nitrogens is 1. The first kappa shape index (κ1) is 24.1. The van der Waals surface area contributed by atoms with E-state index in [4.69, 9.17) is 9.47 Å². The van der Waals surface area contributed by atoms with Crippen LogP contribution in [0.3, 0.4) is 0 Å². The van der Waals surface area contributed by atoms with Crippen molar-refractivity contribution in [3.8, 4) is 0 Å². The molecule has 1 aromatic heterocycles. The SMILES string of the molecule is Cc1c(N(C)C(=O)OC(C)(C)C)c(F)cc2c(=O)n(COCC[Si](C)(C)C)ccc12. The molecule has 2 rings (SSSR count). The molecular formula is C22H33FN2O4Si. The summed E-state index contributed by atoms with van der Waals surface area (Å²) in [6, 6.07) is 3.93. The topological polar surface area (TPSA) is 60.8 Å². The molecule has 1 amide bonds. The molecule has 6 nitrogen and oxygen atoms in total. The lowest BCUT2D eigenvalue weighted by atomic mass is 10.0. The van der Waals surface area contributed by atoms with Crippen molar-refractivity contribution in [3.05, 3.63) is 40.1 Å². The van der Waals surface area contributed by atoms with E-state index in [9.17, 15) is 14.0 Å². The Morgan fingerprint density at radius 1 is 1.23 bits per heavy atom. The van der Waals surface area contributed by atoms with Crippen molar-refractivity contribution in [1.82, 2.24) is 4.57 Å². The molecule has 0 saturated heterocycles. The minimum absolute atomic E-state index is 0.0975. The lowest BCUT2D eigenvalue weighted by Gasteiger charge is -2.26. The standard InChI is InChI=1S/C22H33FN2O4Si/c1-15-16-9-10-25(14-28-11-12-30(6,7)8)20(26)17(16)13-18(23)19(15)24(5)21(27)29-22(2,3)4/h9-10,13H,11-12,14H2,1-8H3. The van der Waals surface area contributed by atoms with Crippen LogP contribution in [0.5, 0.6) is 0 Å². The number of halogens is 1. The summed E-state index contributed by atoms with van der Waals surface area (Å²) < 4.78 is 27.4. The van der Waals surface area contributed by atoms with Gasteiger partial charge in [0.2, 0.25) is 0 Å². The van der Waals surface area contributed by atoms with Crippen LogP contribution in [0, 0.1) is 12.7 Å². The second-order valence-electron chi connectivity index (χ2n) is 9.77. The van der Waals surface area contributed by atoms with E-state index in [1.165, 1.54) is 17.7 Å². The van der Waals surface area contributed by atoms with E-state index >= 15 is 0 Å². The summed E-state index contributed by atoms with van der Waals surface area (Å²) in [6.45, 7) is 14.4. The number of anilines is 1. The summed E-state index contributed by atoms with van der Waals surface area (Å²) in [4.78, 5) is 26.4. The van der Waals surface area contributed by atoms with Gasteiger partial charge in [-0.3, -0.25) is 14.3 Å². The van der Waals surface area contributed by atoms with Crippen molar-refractivity contribution in [2.24, 2.45) is 0 Å². The van der Waals surface area contributed by atoms with Gasteiger partial charge in [0.05, 0.1) is 11.1 Å². The number of aryl methyl sites for hydroxylation is 1. The van der Waals surface area contributed by atoms with Crippen molar-refractivity contribution in [3.63, 3.8) is 0 Å². The highest BCUT2D eigenvalue weighted by Crippen LogP contribution is 2.30. The highest BCUT2D eigenvalue weighted by molar-refractivity contribution is 6.76. The number of rotatable bonds is 6. The number of hydrogen-bond donors (Lipinski definition) is 0. The van der Waals surface area contributed by atoms with Gasteiger partial charge in [0.1, 0.15) is 18.1 Å². The molecule has 0 aliphatic heterocycles. The van der Waals surface area contributed by atoms with Crippen LogP contribution in [0.4, 0.5) is 14.9 Å². The molecule has 166 valence electrons. The van der Waals surface area contributed by atoms with E-state index in [-0.39, 0.29) is 23.4 Å². The molecule has 0 saturated carbocycles. The molecular weight excluding hydrogens is 403 g/mol. The average molecular weight is 437 g/mol. The van der Waals surface area contributed by atoms with Gasteiger partial charge in [0, 0.05) is 27.9 Å². The Kier molecular flexibility index (Phi) is 7.14. The number of pyridine rings is 1. The third-order valence-corrected chi connectivity index (χ3v) is 6.39.